The summed E-state index contributed by atoms with van der Waals surface area (Å²) in [6, 6.07) is 0.777. The van der Waals surface area contributed by atoms with Crippen molar-refractivity contribution in [3.05, 3.63) is 0 Å². The van der Waals surface area contributed by atoms with Gasteiger partial charge in [-0.05, 0) is 49.7 Å². The zero-order valence-electron chi connectivity index (χ0n) is 10.4. The van der Waals surface area contributed by atoms with Gasteiger partial charge in [0.15, 0.2) is 0 Å². The Morgan fingerprint density at radius 2 is 2.00 bits per heavy atom. The summed E-state index contributed by atoms with van der Waals surface area (Å²) < 4.78 is 0. The van der Waals surface area contributed by atoms with Crippen LogP contribution in [-0.2, 0) is 0 Å². The van der Waals surface area contributed by atoms with Crippen LogP contribution >= 0.6 is 11.8 Å². The fourth-order valence-corrected chi connectivity index (χ4v) is 3.39. The number of hydrogen-bond acceptors (Lipinski definition) is 2. The molecule has 0 aromatic heterocycles. The van der Waals surface area contributed by atoms with Crippen molar-refractivity contribution in [2.45, 2.75) is 58.4 Å². The summed E-state index contributed by atoms with van der Waals surface area (Å²) in [7, 11) is 0. The largest absolute Gasteiger partial charge is 0.314 e. The van der Waals surface area contributed by atoms with Gasteiger partial charge in [-0.1, -0.05) is 26.7 Å². The highest BCUT2D eigenvalue weighted by atomic mass is 32.2. The van der Waals surface area contributed by atoms with Gasteiger partial charge < -0.3 is 5.32 Å². The topological polar surface area (TPSA) is 12.0 Å². The highest BCUT2D eigenvalue weighted by Crippen LogP contribution is 2.22. The number of unbranched alkanes of at least 4 members (excludes halogenated alkanes) is 1. The van der Waals surface area contributed by atoms with Crippen LogP contribution in [0.1, 0.15) is 52.4 Å². The van der Waals surface area contributed by atoms with Crippen molar-refractivity contribution >= 4 is 11.8 Å². The fraction of sp³-hybridized carbons (Fsp3) is 1.00. The van der Waals surface area contributed by atoms with Crippen molar-refractivity contribution in [2.24, 2.45) is 5.92 Å². The fourth-order valence-electron chi connectivity index (χ4n) is 2.18. The van der Waals surface area contributed by atoms with E-state index in [-0.39, 0.29) is 0 Å². The molecule has 1 N–H and O–H groups in total. The average Bonchev–Trinajstić information content (AvgIpc) is 2.31. The first-order valence-corrected chi connectivity index (χ1v) is 7.83. The monoisotopic (exact) mass is 229 g/mol. The first kappa shape index (κ1) is 13.4. The standard InChI is InChI=1S/C13H27NS/c1-3-5-6-13(4-2)14-11-12-7-9-15-10-8-12/h12-14H,3-11H2,1-2H3. The molecule has 1 aliphatic rings. The molecule has 1 saturated heterocycles. The van der Waals surface area contributed by atoms with E-state index in [1.54, 1.807) is 0 Å². The quantitative estimate of drug-likeness (QED) is 0.714. The van der Waals surface area contributed by atoms with E-state index in [1.165, 1.54) is 56.6 Å². The van der Waals surface area contributed by atoms with Crippen molar-refractivity contribution in [1.29, 1.82) is 0 Å². The van der Waals surface area contributed by atoms with Crippen LogP contribution in [0.4, 0.5) is 0 Å². The van der Waals surface area contributed by atoms with Gasteiger partial charge >= 0.3 is 0 Å². The second-order valence-electron chi connectivity index (χ2n) is 4.71. The van der Waals surface area contributed by atoms with Crippen LogP contribution in [0, 0.1) is 5.92 Å². The molecule has 1 aliphatic heterocycles. The minimum Gasteiger partial charge on any atom is -0.314 e. The highest BCUT2D eigenvalue weighted by molar-refractivity contribution is 7.99. The van der Waals surface area contributed by atoms with Crippen molar-refractivity contribution in [3.63, 3.8) is 0 Å². The molecule has 1 nitrogen and oxygen atoms in total. The predicted octanol–water partition coefficient (Wildman–Crippen LogP) is 3.69. The second-order valence-corrected chi connectivity index (χ2v) is 5.94. The normalized spacial score (nSPS) is 20.4. The molecule has 0 saturated carbocycles. The van der Waals surface area contributed by atoms with E-state index in [1.807, 2.05) is 0 Å². The summed E-state index contributed by atoms with van der Waals surface area (Å²) in [5.41, 5.74) is 0. The minimum absolute atomic E-state index is 0.777. The van der Waals surface area contributed by atoms with Crippen LogP contribution in [0.25, 0.3) is 0 Å². The Kier molecular flexibility index (Phi) is 7.54. The third kappa shape index (κ3) is 5.82. The van der Waals surface area contributed by atoms with E-state index in [4.69, 9.17) is 0 Å². The molecule has 0 amide bonds. The SMILES string of the molecule is CCCCC(CC)NCC1CCSCC1. The van der Waals surface area contributed by atoms with Gasteiger partial charge in [-0.25, -0.2) is 0 Å². The molecule has 0 bridgehead atoms. The van der Waals surface area contributed by atoms with Gasteiger partial charge in [-0.2, -0.15) is 11.8 Å². The molecule has 1 atom stereocenters. The van der Waals surface area contributed by atoms with Crippen LogP contribution in [-0.4, -0.2) is 24.1 Å². The molecule has 0 spiro atoms. The second kappa shape index (κ2) is 8.46. The van der Waals surface area contributed by atoms with Crippen molar-refractivity contribution in [2.75, 3.05) is 18.1 Å². The molecule has 1 fully saturated rings. The van der Waals surface area contributed by atoms with Crippen LogP contribution < -0.4 is 5.32 Å². The zero-order valence-corrected chi connectivity index (χ0v) is 11.2. The molecule has 90 valence electrons. The summed E-state index contributed by atoms with van der Waals surface area (Å²) >= 11 is 2.12. The molecule has 1 heterocycles. The Morgan fingerprint density at radius 3 is 2.60 bits per heavy atom. The lowest BCUT2D eigenvalue weighted by Gasteiger charge is -2.25. The highest BCUT2D eigenvalue weighted by Gasteiger charge is 2.14. The Morgan fingerprint density at radius 1 is 1.27 bits per heavy atom. The Labute approximate surface area is 99.8 Å². The van der Waals surface area contributed by atoms with Gasteiger partial charge in [0.25, 0.3) is 0 Å². The van der Waals surface area contributed by atoms with Gasteiger partial charge in [-0.3, -0.25) is 0 Å². The molecule has 0 aromatic carbocycles. The van der Waals surface area contributed by atoms with Crippen molar-refractivity contribution < 1.29 is 0 Å². The van der Waals surface area contributed by atoms with Crippen LogP contribution in [0.15, 0.2) is 0 Å². The Hall–Kier alpha value is 0.310. The first-order valence-electron chi connectivity index (χ1n) is 6.68. The number of hydrogen-bond donors (Lipinski definition) is 1. The Balaban J connectivity index is 2.09. The van der Waals surface area contributed by atoms with E-state index in [0.29, 0.717) is 0 Å². The zero-order chi connectivity index (χ0) is 10.9. The van der Waals surface area contributed by atoms with E-state index in [2.05, 4.69) is 30.9 Å². The van der Waals surface area contributed by atoms with E-state index in [0.717, 1.165) is 12.0 Å². The molecule has 1 rings (SSSR count). The van der Waals surface area contributed by atoms with Crippen LogP contribution in [0.5, 0.6) is 0 Å². The summed E-state index contributed by atoms with van der Waals surface area (Å²) in [6.07, 6.45) is 8.24. The third-order valence-electron chi connectivity index (χ3n) is 3.44. The average molecular weight is 229 g/mol. The minimum atomic E-state index is 0.777. The summed E-state index contributed by atoms with van der Waals surface area (Å²) in [5, 5.41) is 3.76. The predicted molar refractivity (Wildman–Crippen MR) is 71.7 cm³/mol. The van der Waals surface area contributed by atoms with Gasteiger partial charge in [0.2, 0.25) is 0 Å². The molecule has 2 heteroatoms. The summed E-state index contributed by atoms with van der Waals surface area (Å²) in [6.45, 7) is 5.86. The van der Waals surface area contributed by atoms with E-state index >= 15 is 0 Å². The molecule has 15 heavy (non-hydrogen) atoms. The van der Waals surface area contributed by atoms with Crippen molar-refractivity contribution in [3.8, 4) is 0 Å². The lowest BCUT2D eigenvalue weighted by molar-refractivity contribution is 0.382. The molecule has 0 aliphatic carbocycles. The maximum Gasteiger partial charge on any atom is 0.00645 e. The first-order chi connectivity index (χ1) is 7.36. The van der Waals surface area contributed by atoms with Gasteiger partial charge in [-0.15, -0.1) is 0 Å². The Bertz CT molecular complexity index is 143. The van der Waals surface area contributed by atoms with Crippen LogP contribution in [0.3, 0.4) is 0 Å². The maximum absolute atomic E-state index is 3.76. The molecule has 0 aromatic rings. The number of thioether (sulfide) groups is 1. The number of rotatable bonds is 7. The van der Waals surface area contributed by atoms with E-state index < -0.39 is 0 Å². The number of nitrogens with one attached hydrogen (secondary N) is 1. The lowest BCUT2D eigenvalue weighted by atomic mass is 10.0. The van der Waals surface area contributed by atoms with Crippen LogP contribution in [0.2, 0.25) is 0 Å². The summed E-state index contributed by atoms with van der Waals surface area (Å²) in [4.78, 5) is 0. The maximum atomic E-state index is 3.76. The van der Waals surface area contributed by atoms with Gasteiger partial charge in [0, 0.05) is 6.04 Å². The lowest BCUT2D eigenvalue weighted by Crippen LogP contribution is -2.34. The third-order valence-corrected chi connectivity index (χ3v) is 4.48. The molecule has 0 radical (unpaired) electrons. The molecular weight excluding hydrogens is 202 g/mol. The molecule has 1 unspecified atom stereocenters. The van der Waals surface area contributed by atoms with Crippen molar-refractivity contribution in [1.82, 2.24) is 5.32 Å². The molecular formula is C13H27NS. The van der Waals surface area contributed by atoms with E-state index in [9.17, 15) is 0 Å². The van der Waals surface area contributed by atoms with Gasteiger partial charge in [0.1, 0.15) is 0 Å². The summed E-state index contributed by atoms with van der Waals surface area (Å²) in [5.74, 6) is 3.73. The smallest absolute Gasteiger partial charge is 0.00645 e. The van der Waals surface area contributed by atoms with Gasteiger partial charge in [0.05, 0.1) is 0 Å².